The van der Waals surface area contributed by atoms with Gasteiger partial charge in [0.25, 0.3) is 0 Å². The molecule has 0 radical (unpaired) electrons. The fourth-order valence-corrected chi connectivity index (χ4v) is 1.86. The molecule has 1 rings (SSSR count). The van der Waals surface area contributed by atoms with E-state index in [1.165, 1.54) is 22.7 Å². The van der Waals surface area contributed by atoms with Crippen LogP contribution in [0.4, 0.5) is 0 Å². The van der Waals surface area contributed by atoms with Gasteiger partial charge in [0.2, 0.25) is 0 Å². The standard InChI is InChI=1S/C9H21BO2Si/c1-8(2)9(3,4)12-10(11-8)6-5-7-13/h5-7H2,1-4,13H3. The third-order valence-electron chi connectivity index (χ3n) is 3.10. The molecule has 0 N–H and O–H groups in total. The quantitative estimate of drug-likeness (QED) is 0.638. The molecule has 1 heterocycles. The van der Waals surface area contributed by atoms with E-state index in [1.54, 1.807) is 0 Å². The minimum Gasteiger partial charge on any atom is -0.403 e. The topological polar surface area (TPSA) is 18.5 Å². The number of rotatable bonds is 3. The van der Waals surface area contributed by atoms with Crippen LogP contribution in [-0.2, 0) is 9.31 Å². The predicted octanol–water partition coefficient (Wildman–Crippen LogP) is 1.25. The Morgan fingerprint density at radius 2 is 1.54 bits per heavy atom. The molecule has 1 aliphatic heterocycles. The summed E-state index contributed by atoms with van der Waals surface area (Å²) in [5.41, 5.74) is -0.300. The van der Waals surface area contributed by atoms with Crippen molar-refractivity contribution < 1.29 is 9.31 Å². The summed E-state index contributed by atoms with van der Waals surface area (Å²) in [7, 11) is 1.31. The lowest BCUT2D eigenvalue weighted by Crippen LogP contribution is -2.41. The lowest BCUT2D eigenvalue weighted by molar-refractivity contribution is 0.00578. The van der Waals surface area contributed by atoms with Crippen molar-refractivity contribution in [3.8, 4) is 0 Å². The summed E-state index contributed by atoms with van der Waals surface area (Å²) >= 11 is 0. The van der Waals surface area contributed by atoms with E-state index in [0.29, 0.717) is 0 Å². The zero-order chi connectivity index (χ0) is 10.1. The van der Waals surface area contributed by atoms with Gasteiger partial charge in [-0.1, -0.05) is 12.5 Å². The third-order valence-corrected chi connectivity index (χ3v) is 3.80. The SMILES string of the molecule is CC1(C)OB(CCC[SiH3])OC1(C)C. The van der Waals surface area contributed by atoms with Crippen LogP contribution in [0.1, 0.15) is 34.1 Å². The van der Waals surface area contributed by atoms with Crippen LogP contribution in [0.15, 0.2) is 0 Å². The lowest BCUT2D eigenvalue weighted by atomic mass is 9.83. The first-order chi connectivity index (χ1) is 5.89. The summed E-state index contributed by atoms with van der Waals surface area (Å²) in [4.78, 5) is 0. The van der Waals surface area contributed by atoms with E-state index >= 15 is 0 Å². The molecule has 0 unspecified atom stereocenters. The second-order valence-electron chi connectivity index (χ2n) is 4.83. The second-order valence-corrected chi connectivity index (χ2v) is 5.83. The molecule has 76 valence electrons. The van der Waals surface area contributed by atoms with E-state index in [-0.39, 0.29) is 18.3 Å². The Morgan fingerprint density at radius 1 is 1.08 bits per heavy atom. The van der Waals surface area contributed by atoms with E-state index in [4.69, 9.17) is 9.31 Å². The van der Waals surface area contributed by atoms with Gasteiger partial charge in [-0.25, -0.2) is 0 Å². The molecule has 4 heteroatoms. The molecule has 0 bridgehead atoms. The van der Waals surface area contributed by atoms with E-state index in [1.807, 2.05) is 0 Å². The molecule has 1 aliphatic rings. The van der Waals surface area contributed by atoms with Crippen LogP contribution in [0.25, 0.3) is 0 Å². The summed E-state index contributed by atoms with van der Waals surface area (Å²) < 4.78 is 11.7. The van der Waals surface area contributed by atoms with E-state index in [2.05, 4.69) is 27.7 Å². The Labute approximate surface area is 84.9 Å². The summed E-state index contributed by atoms with van der Waals surface area (Å²) in [6, 6.07) is 1.34. The third kappa shape index (κ3) is 2.36. The molecule has 0 aromatic carbocycles. The smallest absolute Gasteiger partial charge is 0.403 e. The van der Waals surface area contributed by atoms with Gasteiger partial charge in [-0.15, -0.1) is 0 Å². The van der Waals surface area contributed by atoms with Crippen molar-refractivity contribution in [2.24, 2.45) is 0 Å². The highest BCUT2D eigenvalue weighted by molar-refractivity contribution is 6.45. The van der Waals surface area contributed by atoms with E-state index in [9.17, 15) is 0 Å². The number of hydrogen-bond donors (Lipinski definition) is 0. The fraction of sp³-hybridized carbons (Fsp3) is 1.00. The maximum Gasteiger partial charge on any atom is 0.457 e. The second kappa shape index (κ2) is 3.75. The highest BCUT2D eigenvalue weighted by atomic mass is 28.1. The van der Waals surface area contributed by atoms with Crippen molar-refractivity contribution in [2.45, 2.75) is 57.7 Å². The van der Waals surface area contributed by atoms with Crippen LogP contribution in [0.5, 0.6) is 0 Å². The number of hydrogen-bond acceptors (Lipinski definition) is 2. The average molecular weight is 200 g/mol. The van der Waals surface area contributed by atoms with Crippen molar-refractivity contribution >= 4 is 17.4 Å². The van der Waals surface area contributed by atoms with Crippen LogP contribution < -0.4 is 0 Å². The highest BCUT2D eigenvalue weighted by Gasteiger charge is 2.50. The van der Waals surface area contributed by atoms with E-state index < -0.39 is 0 Å². The minimum absolute atomic E-state index is 0.0268. The first-order valence-corrected chi connectivity index (χ1v) is 6.66. The Kier molecular flexibility index (Phi) is 3.25. The zero-order valence-electron chi connectivity index (χ0n) is 9.52. The van der Waals surface area contributed by atoms with Crippen molar-refractivity contribution in [2.75, 3.05) is 0 Å². The molecule has 2 nitrogen and oxygen atoms in total. The van der Waals surface area contributed by atoms with Gasteiger partial charge in [0, 0.05) is 10.2 Å². The maximum atomic E-state index is 5.86. The van der Waals surface area contributed by atoms with Crippen LogP contribution in [0.2, 0.25) is 12.4 Å². The summed E-state index contributed by atoms with van der Waals surface area (Å²) in [6.07, 6.45) is 2.29. The highest BCUT2D eigenvalue weighted by Crippen LogP contribution is 2.37. The van der Waals surface area contributed by atoms with Gasteiger partial charge < -0.3 is 9.31 Å². The molecule has 0 aromatic rings. The first-order valence-electron chi connectivity index (χ1n) is 5.25. The van der Waals surface area contributed by atoms with Gasteiger partial charge >= 0.3 is 7.12 Å². The van der Waals surface area contributed by atoms with Gasteiger partial charge in [-0.2, -0.15) is 0 Å². The fourth-order valence-electron chi connectivity index (χ4n) is 1.45. The van der Waals surface area contributed by atoms with Gasteiger partial charge in [0.15, 0.2) is 0 Å². The Balaban J connectivity index is 2.50. The van der Waals surface area contributed by atoms with Crippen molar-refractivity contribution in [1.82, 2.24) is 0 Å². The largest absolute Gasteiger partial charge is 0.457 e. The maximum absolute atomic E-state index is 5.86. The van der Waals surface area contributed by atoms with Crippen LogP contribution in [0, 0.1) is 0 Å². The van der Waals surface area contributed by atoms with Crippen LogP contribution in [-0.4, -0.2) is 28.6 Å². The molecule has 0 amide bonds. The lowest BCUT2D eigenvalue weighted by Gasteiger charge is -2.32. The van der Waals surface area contributed by atoms with Gasteiger partial charge in [0.1, 0.15) is 0 Å². The van der Waals surface area contributed by atoms with Gasteiger partial charge in [-0.05, 0) is 34.0 Å². The minimum atomic E-state index is -0.150. The molecule has 0 aromatic heterocycles. The molecular formula is C9H21BO2Si. The van der Waals surface area contributed by atoms with Crippen molar-refractivity contribution in [3.63, 3.8) is 0 Å². The molecule has 0 atom stereocenters. The Bertz CT molecular complexity index is 166. The monoisotopic (exact) mass is 200 g/mol. The molecule has 0 spiro atoms. The molecule has 13 heavy (non-hydrogen) atoms. The average Bonchev–Trinajstić information content (AvgIpc) is 2.17. The summed E-state index contributed by atoms with van der Waals surface area (Å²) in [5.74, 6) is 0. The molecule has 1 saturated heterocycles. The van der Waals surface area contributed by atoms with Crippen molar-refractivity contribution in [3.05, 3.63) is 0 Å². The van der Waals surface area contributed by atoms with Gasteiger partial charge in [-0.3, -0.25) is 0 Å². The summed E-state index contributed by atoms with van der Waals surface area (Å²) in [5, 5.41) is 0. The molecular weight excluding hydrogens is 179 g/mol. The summed E-state index contributed by atoms with van der Waals surface area (Å²) in [6.45, 7) is 8.42. The van der Waals surface area contributed by atoms with E-state index in [0.717, 1.165) is 6.32 Å². The molecule has 0 saturated carbocycles. The first kappa shape index (κ1) is 11.3. The molecule has 0 aliphatic carbocycles. The normalized spacial score (nSPS) is 25.4. The van der Waals surface area contributed by atoms with Gasteiger partial charge in [0.05, 0.1) is 11.2 Å². The van der Waals surface area contributed by atoms with Crippen LogP contribution >= 0.6 is 0 Å². The Morgan fingerprint density at radius 3 is 1.92 bits per heavy atom. The molecule has 1 fully saturated rings. The van der Waals surface area contributed by atoms with Crippen molar-refractivity contribution in [1.29, 1.82) is 0 Å². The predicted molar refractivity (Wildman–Crippen MR) is 60.3 cm³/mol. The van der Waals surface area contributed by atoms with Crippen LogP contribution in [0.3, 0.4) is 0 Å². The zero-order valence-corrected chi connectivity index (χ0v) is 11.5. The Hall–Kier alpha value is 0.202.